The van der Waals surface area contributed by atoms with Crippen LogP contribution in [0.15, 0.2) is 0 Å². The van der Waals surface area contributed by atoms with E-state index >= 15 is 0 Å². The summed E-state index contributed by atoms with van der Waals surface area (Å²) in [6, 6.07) is 0. The summed E-state index contributed by atoms with van der Waals surface area (Å²) in [5.74, 6) is 2.19. The third-order valence-corrected chi connectivity index (χ3v) is 5.74. The Morgan fingerprint density at radius 2 is 1.04 bits per heavy atom. The highest BCUT2D eigenvalue weighted by Crippen LogP contribution is 2.24. The molecule has 0 bridgehead atoms. The zero-order valence-electron chi connectivity index (χ0n) is 18.1. The van der Waals surface area contributed by atoms with E-state index in [1.165, 1.54) is 83.5 Å². The average Bonchev–Trinajstić information content (AvgIpc) is 2.61. The normalized spacial score (nSPS) is 12.7. The summed E-state index contributed by atoms with van der Waals surface area (Å²) in [6.07, 6.45) is 21.2. The molecule has 0 fully saturated rings. The Balaban J connectivity index is 3.96. The summed E-state index contributed by atoms with van der Waals surface area (Å²) >= 11 is 0. The van der Waals surface area contributed by atoms with Crippen LogP contribution in [0.4, 0.5) is 0 Å². The summed E-state index contributed by atoms with van der Waals surface area (Å²) in [5.41, 5.74) is 0. The van der Waals surface area contributed by atoms with Crippen LogP contribution in [0.25, 0.3) is 0 Å². The van der Waals surface area contributed by atoms with Gasteiger partial charge in [0.05, 0.1) is 0 Å². The summed E-state index contributed by atoms with van der Waals surface area (Å²) in [6.45, 7) is 9.12. The van der Waals surface area contributed by atoms with Crippen molar-refractivity contribution in [3.63, 3.8) is 0 Å². The van der Waals surface area contributed by atoms with Gasteiger partial charge in [-0.1, -0.05) is 111 Å². The minimum Gasteiger partial charge on any atom is -0.300 e. The zero-order chi connectivity index (χ0) is 18.8. The van der Waals surface area contributed by atoms with E-state index in [9.17, 15) is 4.79 Å². The molecule has 0 spiro atoms. The van der Waals surface area contributed by atoms with Gasteiger partial charge >= 0.3 is 0 Å². The maximum atomic E-state index is 12.3. The van der Waals surface area contributed by atoms with Crippen LogP contribution >= 0.6 is 0 Å². The first kappa shape index (κ1) is 24.7. The largest absolute Gasteiger partial charge is 0.300 e. The monoisotopic (exact) mass is 352 g/mol. The van der Waals surface area contributed by atoms with Gasteiger partial charge < -0.3 is 0 Å². The van der Waals surface area contributed by atoms with Crippen LogP contribution in [0.1, 0.15) is 137 Å². The molecule has 0 saturated heterocycles. The SMILES string of the molecule is CCCCCC(CCC)CCCC(=O)CCC(CCCC)CCCC. The fourth-order valence-electron chi connectivity index (χ4n) is 4.02. The summed E-state index contributed by atoms with van der Waals surface area (Å²) < 4.78 is 0. The Kier molecular flexibility index (Phi) is 18.2. The van der Waals surface area contributed by atoms with Crippen LogP contribution in [0.3, 0.4) is 0 Å². The Morgan fingerprint density at radius 3 is 1.60 bits per heavy atom. The van der Waals surface area contributed by atoms with Gasteiger partial charge in [0, 0.05) is 12.8 Å². The quantitative estimate of drug-likeness (QED) is 0.213. The molecule has 0 aromatic carbocycles. The van der Waals surface area contributed by atoms with E-state index in [0.717, 1.165) is 37.5 Å². The third kappa shape index (κ3) is 15.6. The van der Waals surface area contributed by atoms with Gasteiger partial charge in [0.2, 0.25) is 0 Å². The van der Waals surface area contributed by atoms with Gasteiger partial charge in [0.15, 0.2) is 0 Å². The van der Waals surface area contributed by atoms with Crippen LogP contribution in [0, 0.1) is 11.8 Å². The molecule has 0 aliphatic carbocycles. The molecule has 150 valence electrons. The van der Waals surface area contributed by atoms with Crippen LogP contribution in [-0.2, 0) is 4.79 Å². The molecule has 0 aromatic rings. The van der Waals surface area contributed by atoms with Crippen molar-refractivity contribution in [1.82, 2.24) is 0 Å². The fraction of sp³-hybridized carbons (Fsp3) is 0.958. The topological polar surface area (TPSA) is 17.1 Å². The molecule has 1 unspecified atom stereocenters. The van der Waals surface area contributed by atoms with E-state index < -0.39 is 0 Å². The number of carbonyl (C=O) groups excluding carboxylic acids is 1. The first-order valence-corrected chi connectivity index (χ1v) is 11.7. The second-order valence-electron chi connectivity index (χ2n) is 8.27. The van der Waals surface area contributed by atoms with E-state index in [4.69, 9.17) is 0 Å². The first-order chi connectivity index (χ1) is 12.2. The standard InChI is InChI=1S/C24H48O/c1-5-9-12-17-22(14-8-4)18-13-19-24(25)21-20-23(15-10-6-2)16-11-7-3/h22-23H,5-21H2,1-4H3. The molecule has 1 nitrogen and oxygen atoms in total. The van der Waals surface area contributed by atoms with E-state index in [0.29, 0.717) is 5.78 Å². The fourth-order valence-corrected chi connectivity index (χ4v) is 4.02. The van der Waals surface area contributed by atoms with E-state index in [1.54, 1.807) is 0 Å². The highest BCUT2D eigenvalue weighted by atomic mass is 16.1. The number of ketones is 1. The summed E-state index contributed by atoms with van der Waals surface area (Å²) in [4.78, 5) is 12.3. The molecule has 0 radical (unpaired) electrons. The molecule has 0 amide bonds. The van der Waals surface area contributed by atoms with Crippen molar-refractivity contribution >= 4 is 5.78 Å². The van der Waals surface area contributed by atoms with Crippen molar-refractivity contribution in [2.24, 2.45) is 11.8 Å². The molecular weight excluding hydrogens is 304 g/mol. The number of carbonyl (C=O) groups is 1. The molecule has 0 saturated carbocycles. The lowest BCUT2D eigenvalue weighted by atomic mass is 9.89. The average molecular weight is 353 g/mol. The van der Waals surface area contributed by atoms with E-state index in [2.05, 4.69) is 27.7 Å². The van der Waals surface area contributed by atoms with Crippen LogP contribution in [0.2, 0.25) is 0 Å². The number of Topliss-reactive ketones (excluding diaryl/α,β-unsaturated/α-hetero) is 1. The Hall–Kier alpha value is -0.330. The second kappa shape index (κ2) is 18.5. The van der Waals surface area contributed by atoms with Crippen molar-refractivity contribution in [3.8, 4) is 0 Å². The molecule has 0 rings (SSSR count). The second-order valence-corrected chi connectivity index (χ2v) is 8.27. The van der Waals surface area contributed by atoms with Crippen molar-refractivity contribution in [2.75, 3.05) is 0 Å². The molecular formula is C24H48O. The van der Waals surface area contributed by atoms with Gasteiger partial charge in [0.1, 0.15) is 5.78 Å². The highest BCUT2D eigenvalue weighted by molar-refractivity contribution is 5.78. The van der Waals surface area contributed by atoms with Crippen molar-refractivity contribution in [1.29, 1.82) is 0 Å². The highest BCUT2D eigenvalue weighted by Gasteiger charge is 2.12. The van der Waals surface area contributed by atoms with Crippen molar-refractivity contribution in [2.45, 2.75) is 137 Å². The maximum absolute atomic E-state index is 12.3. The molecule has 1 heteroatoms. The van der Waals surface area contributed by atoms with Crippen LogP contribution in [0.5, 0.6) is 0 Å². The number of unbranched alkanes of at least 4 members (excludes halogenated alkanes) is 4. The van der Waals surface area contributed by atoms with Crippen molar-refractivity contribution in [3.05, 3.63) is 0 Å². The smallest absolute Gasteiger partial charge is 0.132 e. The molecule has 25 heavy (non-hydrogen) atoms. The van der Waals surface area contributed by atoms with Gasteiger partial charge in [-0.05, 0) is 24.7 Å². The van der Waals surface area contributed by atoms with E-state index in [-0.39, 0.29) is 0 Å². The summed E-state index contributed by atoms with van der Waals surface area (Å²) in [5, 5.41) is 0. The maximum Gasteiger partial charge on any atom is 0.132 e. The zero-order valence-corrected chi connectivity index (χ0v) is 18.1. The van der Waals surface area contributed by atoms with Gasteiger partial charge in [-0.3, -0.25) is 4.79 Å². The first-order valence-electron chi connectivity index (χ1n) is 11.7. The lowest BCUT2D eigenvalue weighted by Crippen LogP contribution is -2.07. The van der Waals surface area contributed by atoms with Crippen LogP contribution in [-0.4, -0.2) is 5.78 Å². The van der Waals surface area contributed by atoms with E-state index in [1.807, 2.05) is 0 Å². The predicted molar refractivity (Wildman–Crippen MR) is 113 cm³/mol. The van der Waals surface area contributed by atoms with Gasteiger partial charge in [-0.2, -0.15) is 0 Å². The van der Waals surface area contributed by atoms with Crippen LogP contribution < -0.4 is 0 Å². The molecule has 1 atom stereocenters. The number of hydrogen-bond acceptors (Lipinski definition) is 1. The Morgan fingerprint density at radius 1 is 0.520 bits per heavy atom. The van der Waals surface area contributed by atoms with Crippen molar-refractivity contribution < 1.29 is 4.79 Å². The Bertz CT molecular complexity index is 276. The number of rotatable bonds is 19. The molecule has 0 aromatic heterocycles. The molecule has 0 heterocycles. The Labute approximate surface area is 159 Å². The lowest BCUT2D eigenvalue weighted by molar-refractivity contribution is -0.119. The molecule has 0 aliphatic rings. The predicted octanol–water partition coefficient (Wildman–Crippen LogP) is 8.50. The van der Waals surface area contributed by atoms with Gasteiger partial charge in [-0.15, -0.1) is 0 Å². The lowest BCUT2D eigenvalue weighted by Gasteiger charge is -2.17. The minimum atomic E-state index is 0.529. The molecule has 0 N–H and O–H groups in total. The minimum absolute atomic E-state index is 0.529. The van der Waals surface area contributed by atoms with Gasteiger partial charge in [0.25, 0.3) is 0 Å². The third-order valence-electron chi connectivity index (χ3n) is 5.74. The summed E-state index contributed by atoms with van der Waals surface area (Å²) in [7, 11) is 0. The van der Waals surface area contributed by atoms with Gasteiger partial charge in [-0.25, -0.2) is 0 Å². The molecule has 0 aliphatic heterocycles. The number of hydrogen-bond donors (Lipinski definition) is 0.